The Hall–Kier alpha value is -5.56. The van der Waals surface area contributed by atoms with Crippen LogP contribution in [0.4, 0.5) is 0 Å². The smallest absolute Gasteiger partial charge is 0.328 e. The van der Waals surface area contributed by atoms with Gasteiger partial charge in [0.2, 0.25) is 59.1 Å². The summed E-state index contributed by atoms with van der Waals surface area (Å²) < 4.78 is 0. The van der Waals surface area contributed by atoms with Crippen molar-refractivity contribution in [1.82, 2.24) is 42.5 Å². The van der Waals surface area contributed by atoms with E-state index in [9.17, 15) is 63.0 Å². The third kappa shape index (κ3) is 25.9. The van der Waals surface area contributed by atoms with E-state index in [1.807, 2.05) is 27.7 Å². The van der Waals surface area contributed by atoms with Crippen LogP contribution in [0.3, 0.4) is 0 Å². The molecule has 0 saturated heterocycles. The second-order valence-corrected chi connectivity index (χ2v) is 20.2. The molecule has 24 nitrogen and oxygen atoms in total. The van der Waals surface area contributed by atoms with Gasteiger partial charge in [-0.1, -0.05) is 55.4 Å². The lowest BCUT2D eigenvalue weighted by molar-refractivity contribution is -0.145. The van der Waals surface area contributed by atoms with E-state index in [-0.39, 0.29) is 49.4 Å². The van der Waals surface area contributed by atoms with Gasteiger partial charge in [-0.15, -0.1) is 0 Å². The number of rotatable bonds is 34. The Morgan fingerprint density at radius 2 is 0.814 bits per heavy atom. The highest BCUT2D eigenvalue weighted by atomic mass is 32.2. The molecule has 0 fully saturated rings. The number of amides is 10. The summed E-state index contributed by atoms with van der Waals surface area (Å²) in [5, 5.41) is 39.1. The van der Waals surface area contributed by atoms with Gasteiger partial charge in [-0.2, -0.15) is 11.8 Å². The summed E-state index contributed by atoms with van der Waals surface area (Å²) >= 11 is 1.40. The van der Waals surface area contributed by atoms with Crippen molar-refractivity contribution < 1.29 is 63.0 Å². The molecule has 16 N–H and O–H groups in total. The van der Waals surface area contributed by atoms with Crippen LogP contribution in [0.25, 0.3) is 0 Å². The van der Waals surface area contributed by atoms with Crippen molar-refractivity contribution >= 4 is 76.8 Å². The number of carboxylic acid groups (broad SMARTS) is 1. The Kier molecular flexibility index (Phi) is 29.8. The van der Waals surface area contributed by atoms with E-state index in [1.54, 1.807) is 34.0 Å². The maximum absolute atomic E-state index is 14.0. The summed E-state index contributed by atoms with van der Waals surface area (Å²) in [5.41, 5.74) is 16.9. The molecule has 0 aromatic heterocycles. The summed E-state index contributed by atoms with van der Waals surface area (Å²) in [6.07, 6.45) is -0.564. The molecule has 0 saturated carbocycles. The highest BCUT2D eigenvalue weighted by Gasteiger charge is 2.36. The molecule has 0 aromatic rings. The number of primary amides is 2. The fourth-order valence-electron chi connectivity index (χ4n) is 6.88. The zero-order valence-electron chi connectivity index (χ0n) is 42.5. The van der Waals surface area contributed by atoms with Crippen molar-refractivity contribution in [3.63, 3.8) is 0 Å². The first kappa shape index (κ1) is 64.4. The summed E-state index contributed by atoms with van der Waals surface area (Å²) in [5.74, 6) is -10.2. The Labute approximate surface area is 415 Å². The largest absolute Gasteiger partial charge is 0.480 e. The minimum absolute atomic E-state index is 0.0223. The second kappa shape index (κ2) is 32.3. The highest BCUT2D eigenvalue weighted by molar-refractivity contribution is 7.98. The SMILES string of the molecule is CSCC[C@H](NC(=O)[C@H](CC(C)C)NC(=O)[C@@H](N)CC(C)C)C(=O)N[C@@H](CC(C)C)C(=O)N[C@@H](CCC(N)=O)C(=O)N[C@@H](CC(N)=O)C(=O)N[C@@H](C)C(=O)N[C@@H](CC(C)C)C(=O)N[C@H](C(=O)O)[C@@H](C)O. The van der Waals surface area contributed by atoms with Crippen molar-refractivity contribution in [2.45, 2.75) is 181 Å². The molecular formula is C45H81N11O13S. The van der Waals surface area contributed by atoms with Crippen LogP contribution in [0.5, 0.6) is 0 Å². The predicted molar refractivity (Wildman–Crippen MR) is 261 cm³/mol. The van der Waals surface area contributed by atoms with E-state index >= 15 is 0 Å². The van der Waals surface area contributed by atoms with Crippen LogP contribution in [0.1, 0.15) is 121 Å². The maximum Gasteiger partial charge on any atom is 0.328 e. The molecule has 0 aromatic carbocycles. The minimum Gasteiger partial charge on any atom is -0.480 e. The monoisotopic (exact) mass is 1020 g/mol. The quantitative estimate of drug-likeness (QED) is 0.0324. The first-order valence-electron chi connectivity index (χ1n) is 23.5. The highest BCUT2D eigenvalue weighted by Crippen LogP contribution is 2.13. The Balaban J connectivity index is 6.51. The van der Waals surface area contributed by atoms with E-state index in [4.69, 9.17) is 17.2 Å². The summed E-state index contributed by atoms with van der Waals surface area (Å²) in [6, 6.07) is -12.2. The van der Waals surface area contributed by atoms with Crippen LogP contribution in [-0.4, -0.2) is 148 Å². The summed E-state index contributed by atoms with van der Waals surface area (Å²) in [6.45, 7) is 16.9. The summed E-state index contributed by atoms with van der Waals surface area (Å²) in [4.78, 5) is 144. The molecule has 25 heteroatoms. The van der Waals surface area contributed by atoms with Gasteiger partial charge in [0.1, 0.15) is 42.3 Å². The molecule has 0 heterocycles. The Morgan fingerprint density at radius 1 is 0.457 bits per heavy atom. The van der Waals surface area contributed by atoms with Gasteiger partial charge in [-0.3, -0.25) is 47.9 Å². The van der Waals surface area contributed by atoms with Crippen LogP contribution < -0.4 is 59.7 Å². The van der Waals surface area contributed by atoms with E-state index < -0.39 is 145 Å². The number of hydrogen-bond donors (Lipinski definition) is 13. The molecule has 0 aliphatic rings. The molecule has 70 heavy (non-hydrogen) atoms. The number of carboxylic acids is 1. The minimum atomic E-state index is -1.76. The van der Waals surface area contributed by atoms with Crippen LogP contribution in [0, 0.1) is 23.7 Å². The predicted octanol–water partition coefficient (Wildman–Crippen LogP) is -2.24. The molecule has 0 radical (unpaired) electrons. The van der Waals surface area contributed by atoms with Crippen molar-refractivity contribution in [3.05, 3.63) is 0 Å². The standard InChI is InChI=1S/C45H81N11O13S/c1-21(2)16-27(46)38(61)53-30(17-22(3)4)42(65)51-29(14-15-70-11)40(63)54-31(18-23(5)6)43(66)50-28(12-13-34(47)58)39(62)55-33(20-35(48)59)41(64)49-25(9)37(60)52-32(19-24(7)8)44(67)56-36(26(10)57)45(68)69/h21-33,36,57H,12-20,46H2,1-11H3,(H2,47,58)(H2,48,59)(H,49,64)(H,50,66)(H,51,65)(H,52,60)(H,53,61)(H,54,63)(H,55,62)(H,56,67)(H,68,69)/t25-,26+,27-,28-,29-,30-,31-,32-,33-,36-/m0/s1. The van der Waals surface area contributed by atoms with Gasteiger partial charge in [0, 0.05) is 6.42 Å². The van der Waals surface area contributed by atoms with E-state index in [0.29, 0.717) is 12.2 Å². The van der Waals surface area contributed by atoms with Gasteiger partial charge in [-0.25, -0.2) is 4.79 Å². The van der Waals surface area contributed by atoms with Gasteiger partial charge in [0.15, 0.2) is 6.04 Å². The van der Waals surface area contributed by atoms with Crippen molar-refractivity contribution in [3.8, 4) is 0 Å². The number of carbonyl (C=O) groups is 11. The molecule has 0 aliphatic heterocycles. The number of hydrogen-bond acceptors (Lipinski definition) is 14. The van der Waals surface area contributed by atoms with Crippen LogP contribution in [0.2, 0.25) is 0 Å². The average molecular weight is 1020 g/mol. The third-order valence-electron chi connectivity index (χ3n) is 10.5. The Morgan fingerprint density at radius 3 is 1.20 bits per heavy atom. The van der Waals surface area contributed by atoms with Gasteiger partial charge in [0.05, 0.1) is 18.6 Å². The second-order valence-electron chi connectivity index (χ2n) is 19.2. The number of aliphatic hydroxyl groups excluding tert-OH is 1. The molecule has 0 spiro atoms. The summed E-state index contributed by atoms with van der Waals surface area (Å²) in [7, 11) is 0. The molecule has 0 aliphatic carbocycles. The lowest BCUT2D eigenvalue weighted by Gasteiger charge is -2.28. The number of thioether (sulfide) groups is 1. The van der Waals surface area contributed by atoms with Crippen molar-refractivity contribution in [2.24, 2.45) is 40.9 Å². The topological polar surface area (TPSA) is 403 Å². The van der Waals surface area contributed by atoms with Crippen molar-refractivity contribution in [1.29, 1.82) is 0 Å². The molecule has 0 bridgehead atoms. The number of carbonyl (C=O) groups excluding carboxylic acids is 10. The normalized spacial score (nSPS) is 15.7. The number of nitrogens with one attached hydrogen (secondary N) is 8. The molecule has 0 rings (SSSR count). The Bertz CT molecular complexity index is 1800. The van der Waals surface area contributed by atoms with E-state index in [2.05, 4.69) is 42.5 Å². The van der Waals surface area contributed by atoms with Crippen LogP contribution in [0.15, 0.2) is 0 Å². The van der Waals surface area contributed by atoms with Gasteiger partial charge in [-0.05, 0) is 88.1 Å². The first-order chi connectivity index (χ1) is 32.4. The number of aliphatic carboxylic acids is 1. The van der Waals surface area contributed by atoms with Gasteiger partial charge >= 0.3 is 5.97 Å². The number of nitrogens with two attached hydrogens (primary N) is 3. The van der Waals surface area contributed by atoms with Gasteiger partial charge in [0.25, 0.3) is 0 Å². The van der Waals surface area contributed by atoms with Crippen molar-refractivity contribution in [2.75, 3.05) is 12.0 Å². The molecule has 0 unspecified atom stereocenters. The van der Waals surface area contributed by atoms with Crippen LogP contribution >= 0.6 is 11.8 Å². The maximum atomic E-state index is 14.0. The molecular weight excluding hydrogens is 935 g/mol. The third-order valence-corrected chi connectivity index (χ3v) is 11.1. The molecule has 10 amide bonds. The fraction of sp³-hybridized carbons (Fsp3) is 0.756. The number of aliphatic hydroxyl groups is 1. The van der Waals surface area contributed by atoms with Gasteiger partial charge < -0.3 is 69.9 Å². The van der Waals surface area contributed by atoms with E-state index in [0.717, 1.165) is 6.92 Å². The molecule has 10 atom stereocenters. The zero-order valence-corrected chi connectivity index (χ0v) is 43.3. The fourth-order valence-corrected chi connectivity index (χ4v) is 7.35. The molecule has 400 valence electrons. The first-order valence-corrected chi connectivity index (χ1v) is 24.9. The van der Waals surface area contributed by atoms with E-state index in [1.165, 1.54) is 18.7 Å². The average Bonchev–Trinajstić information content (AvgIpc) is 3.22. The zero-order chi connectivity index (χ0) is 54.2. The lowest BCUT2D eigenvalue weighted by Crippen LogP contribution is -2.60. The lowest BCUT2D eigenvalue weighted by atomic mass is 9.99. The van der Waals surface area contributed by atoms with Crippen LogP contribution in [-0.2, 0) is 52.7 Å².